The van der Waals surface area contributed by atoms with Gasteiger partial charge in [-0.1, -0.05) is 12.1 Å². The van der Waals surface area contributed by atoms with Crippen molar-refractivity contribution in [1.82, 2.24) is 0 Å². The Bertz CT molecular complexity index is 527. The van der Waals surface area contributed by atoms with E-state index in [9.17, 15) is 4.39 Å². The Hall–Kier alpha value is -2.43. The first-order chi connectivity index (χ1) is 9.15. The van der Waals surface area contributed by atoms with Gasteiger partial charge in [0.05, 0.1) is 0 Å². The average Bonchev–Trinajstić information content (AvgIpc) is 2.46. The van der Waals surface area contributed by atoms with Gasteiger partial charge in [0.2, 0.25) is 0 Å². The lowest BCUT2D eigenvalue weighted by Gasteiger charge is -2.08. The predicted octanol–water partition coefficient (Wildman–Crippen LogP) is 2.95. The molecule has 0 saturated heterocycles. The molecule has 0 amide bonds. The van der Waals surface area contributed by atoms with E-state index in [4.69, 9.17) is 11.1 Å². The Labute approximate surface area is 112 Å². The monoisotopic (exact) mass is 260 g/mol. The number of anilines is 1. The summed E-state index contributed by atoms with van der Waals surface area (Å²) in [5.74, 6) is -0.231. The standard InChI is InChI=1S/C14H17FN4/c1-3-13(15)14(18-2)19-12-6-4-10(5-7-12)11(8-16)9-17/h3-9,16H,17H2,1-2H3,(H,18,19)/b11-9+,13-3+,16-8?. The minimum Gasteiger partial charge on any atom is -0.404 e. The highest BCUT2D eigenvalue weighted by Crippen LogP contribution is 2.16. The summed E-state index contributed by atoms with van der Waals surface area (Å²) in [6.45, 7) is 1.60. The molecule has 1 rings (SSSR count). The molecule has 19 heavy (non-hydrogen) atoms. The van der Waals surface area contributed by atoms with E-state index in [1.807, 2.05) is 0 Å². The van der Waals surface area contributed by atoms with Crippen LogP contribution in [0.2, 0.25) is 0 Å². The lowest BCUT2D eigenvalue weighted by atomic mass is 10.1. The van der Waals surface area contributed by atoms with Gasteiger partial charge in [-0.25, -0.2) is 4.39 Å². The third kappa shape index (κ3) is 3.77. The van der Waals surface area contributed by atoms with Crippen LogP contribution in [0.4, 0.5) is 10.1 Å². The first kappa shape index (κ1) is 14.6. The lowest BCUT2D eigenvalue weighted by molar-refractivity contribution is 0.678. The van der Waals surface area contributed by atoms with E-state index in [0.717, 1.165) is 5.56 Å². The van der Waals surface area contributed by atoms with Crippen molar-refractivity contribution in [1.29, 1.82) is 5.41 Å². The summed E-state index contributed by atoms with van der Waals surface area (Å²) in [7, 11) is 1.52. The van der Waals surface area contributed by atoms with E-state index in [-0.39, 0.29) is 5.84 Å². The van der Waals surface area contributed by atoms with Crippen LogP contribution in [0.3, 0.4) is 0 Å². The summed E-state index contributed by atoms with van der Waals surface area (Å²) in [4.78, 5) is 3.84. The zero-order chi connectivity index (χ0) is 14.3. The number of aliphatic imine (C=N–C) groups is 1. The van der Waals surface area contributed by atoms with E-state index in [1.165, 1.54) is 25.5 Å². The normalized spacial score (nSPS) is 13.3. The van der Waals surface area contributed by atoms with Gasteiger partial charge in [-0.3, -0.25) is 4.99 Å². The van der Waals surface area contributed by atoms with Gasteiger partial charge in [-0.15, -0.1) is 0 Å². The van der Waals surface area contributed by atoms with Crippen LogP contribution in [0, 0.1) is 5.41 Å². The van der Waals surface area contributed by atoms with Gasteiger partial charge < -0.3 is 16.5 Å². The van der Waals surface area contributed by atoms with E-state index in [2.05, 4.69) is 10.3 Å². The molecular weight excluding hydrogens is 243 g/mol. The van der Waals surface area contributed by atoms with Crippen molar-refractivity contribution in [3.63, 3.8) is 0 Å². The Kier molecular flexibility index (Phi) is 5.47. The quantitative estimate of drug-likeness (QED) is 0.575. The molecule has 0 fully saturated rings. The molecule has 0 saturated carbocycles. The topological polar surface area (TPSA) is 74.3 Å². The van der Waals surface area contributed by atoms with Crippen LogP contribution < -0.4 is 11.1 Å². The lowest BCUT2D eigenvalue weighted by Crippen LogP contribution is -2.12. The molecule has 0 aliphatic carbocycles. The number of nitrogens with one attached hydrogen (secondary N) is 2. The first-order valence-corrected chi connectivity index (χ1v) is 5.75. The fourth-order valence-corrected chi connectivity index (χ4v) is 1.47. The Morgan fingerprint density at radius 1 is 1.37 bits per heavy atom. The minimum atomic E-state index is -0.409. The van der Waals surface area contributed by atoms with Crippen LogP contribution in [-0.4, -0.2) is 19.1 Å². The van der Waals surface area contributed by atoms with Gasteiger partial charge in [0, 0.05) is 30.7 Å². The second-order valence-corrected chi connectivity index (χ2v) is 3.68. The van der Waals surface area contributed by atoms with Crippen LogP contribution in [0.25, 0.3) is 5.57 Å². The molecule has 0 atom stereocenters. The van der Waals surface area contributed by atoms with Gasteiger partial charge in [0.15, 0.2) is 11.7 Å². The van der Waals surface area contributed by atoms with Crippen LogP contribution in [-0.2, 0) is 0 Å². The second kappa shape index (κ2) is 7.10. The second-order valence-electron chi connectivity index (χ2n) is 3.68. The minimum absolute atomic E-state index is 0.178. The van der Waals surface area contributed by atoms with Crippen molar-refractivity contribution in [3.8, 4) is 0 Å². The van der Waals surface area contributed by atoms with Crippen molar-refractivity contribution in [2.45, 2.75) is 6.92 Å². The molecule has 0 unspecified atom stereocenters. The third-order valence-electron chi connectivity index (χ3n) is 2.52. The van der Waals surface area contributed by atoms with E-state index < -0.39 is 5.83 Å². The van der Waals surface area contributed by atoms with Crippen molar-refractivity contribution in [2.75, 3.05) is 12.4 Å². The molecule has 0 spiro atoms. The summed E-state index contributed by atoms with van der Waals surface area (Å²) >= 11 is 0. The number of hydrogen-bond donors (Lipinski definition) is 3. The van der Waals surface area contributed by atoms with Crippen LogP contribution >= 0.6 is 0 Å². The Balaban J connectivity index is 2.92. The Morgan fingerprint density at radius 2 is 2.00 bits per heavy atom. The number of rotatable bonds is 4. The van der Waals surface area contributed by atoms with Gasteiger partial charge in [-0.05, 0) is 30.7 Å². The largest absolute Gasteiger partial charge is 0.404 e. The molecule has 4 N–H and O–H groups in total. The van der Waals surface area contributed by atoms with E-state index >= 15 is 0 Å². The number of benzene rings is 1. The predicted molar refractivity (Wildman–Crippen MR) is 79.2 cm³/mol. The van der Waals surface area contributed by atoms with Crippen molar-refractivity contribution >= 4 is 23.3 Å². The molecule has 0 aliphatic heterocycles. The maximum Gasteiger partial charge on any atom is 0.161 e. The SMILES string of the molecule is C/C=C(/F)C(=NC)Nc1ccc(/C(C=N)=C/N)cc1. The summed E-state index contributed by atoms with van der Waals surface area (Å²) in [6, 6.07) is 7.15. The van der Waals surface area contributed by atoms with Gasteiger partial charge in [0.25, 0.3) is 0 Å². The number of hydrogen-bond acceptors (Lipinski definition) is 3. The number of halogens is 1. The molecule has 0 heterocycles. The van der Waals surface area contributed by atoms with Gasteiger partial charge in [0.1, 0.15) is 0 Å². The third-order valence-corrected chi connectivity index (χ3v) is 2.52. The van der Waals surface area contributed by atoms with E-state index in [1.54, 1.807) is 31.2 Å². The molecule has 5 heteroatoms. The summed E-state index contributed by atoms with van der Waals surface area (Å²) in [5, 5.41) is 10.1. The van der Waals surface area contributed by atoms with Crippen molar-refractivity contribution in [3.05, 3.63) is 47.9 Å². The molecule has 0 aliphatic rings. The number of nitrogens with zero attached hydrogens (tertiary/aromatic N) is 1. The van der Waals surface area contributed by atoms with Crippen LogP contribution in [0.5, 0.6) is 0 Å². The smallest absolute Gasteiger partial charge is 0.161 e. The number of nitrogens with two attached hydrogens (primary N) is 1. The molecule has 4 nitrogen and oxygen atoms in total. The number of amidine groups is 1. The average molecular weight is 260 g/mol. The zero-order valence-corrected chi connectivity index (χ0v) is 10.9. The molecule has 0 radical (unpaired) electrons. The first-order valence-electron chi connectivity index (χ1n) is 5.75. The maximum absolute atomic E-state index is 13.4. The summed E-state index contributed by atoms with van der Waals surface area (Å²) in [5.41, 5.74) is 7.56. The molecule has 1 aromatic rings. The molecule has 100 valence electrons. The molecule has 1 aromatic carbocycles. The summed E-state index contributed by atoms with van der Waals surface area (Å²) in [6.07, 6.45) is 3.89. The Morgan fingerprint density at radius 3 is 2.42 bits per heavy atom. The molecular formula is C14H17FN4. The van der Waals surface area contributed by atoms with Crippen LogP contribution in [0.15, 0.2) is 47.4 Å². The number of allylic oxidation sites excluding steroid dienone is 2. The van der Waals surface area contributed by atoms with Crippen LogP contribution in [0.1, 0.15) is 12.5 Å². The summed E-state index contributed by atoms with van der Waals surface area (Å²) < 4.78 is 13.4. The fourth-order valence-electron chi connectivity index (χ4n) is 1.47. The zero-order valence-electron chi connectivity index (χ0n) is 10.9. The highest BCUT2D eigenvalue weighted by molar-refractivity contribution is 6.09. The fraction of sp³-hybridized carbons (Fsp3) is 0.143. The maximum atomic E-state index is 13.4. The van der Waals surface area contributed by atoms with E-state index in [0.29, 0.717) is 11.3 Å². The van der Waals surface area contributed by atoms with Gasteiger partial charge >= 0.3 is 0 Å². The highest BCUT2D eigenvalue weighted by atomic mass is 19.1. The van der Waals surface area contributed by atoms with Crippen molar-refractivity contribution in [2.24, 2.45) is 10.7 Å². The molecule has 0 bridgehead atoms. The molecule has 0 aromatic heterocycles. The van der Waals surface area contributed by atoms with Crippen molar-refractivity contribution < 1.29 is 4.39 Å². The highest BCUT2D eigenvalue weighted by Gasteiger charge is 2.05. The van der Waals surface area contributed by atoms with Gasteiger partial charge in [-0.2, -0.15) is 0 Å².